The van der Waals surface area contributed by atoms with Crippen LogP contribution in [-0.2, 0) is 6.54 Å². The van der Waals surface area contributed by atoms with E-state index < -0.39 is 0 Å². The molecule has 1 aliphatic rings. The molecule has 1 fully saturated rings. The molecule has 0 aliphatic heterocycles. The smallest absolute Gasteiger partial charge is 0.193 e. The Balaban J connectivity index is 1.61. The van der Waals surface area contributed by atoms with E-state index >= 15 is 0 Å². The zero-order valence-electron chi connectivity index (χ0n) is 13.8. The fourth-order valence-electron chi connectivity index (χ4n) is 2.97. The van der Waals surface area contributed by atoms with Crippen LogP contribution in [0.2, 0.25) is 0 Å². The maximum absolute atomic E-state index is 13.9. The molecule has 0 bridgehead atoms. The topological polar surface area (TPSA) is 27.6 Å². The van der Waals surface area contributed by atoms with Crippen molar-refractivity contribution in [1.29, 1.82) is 0 Å². The van der Waals surface area contributed by atoms with Crippen LogP contribution in [0, 0.1) is 11.6 Å². The second-order valence-corrected chi connectivity index (χ2v) is 6.15. The SMILES string of the molecule is CN=C(NC1CC1c1ccccc1F)N(C)Cc1cccc(F)c1. The zero-order valence-corrected chi connectivity index (χ0v) is 13.8. The number of nitrogens with one attached hydrogen (secondary N) is 1. The Morgan fingerprint density at radius 2 is 2.00 bits per heavy atom. The minimum Gasteiger partial charge on any atom is -0.353 e. The van der Waals surface area contributed by atoms with Crippen molar-refractivity contribution in [3.63, 3.8) is 0 Å². The Morgan fingerprint density at radius 3 is 2.71 bits per heavy atom. The number of halogens is 2. The number of benzene rings is 2. The highest BCUT2D eigenvalue weighted by molar-refractivity contribution is 5.80. The minimum atomic E-state index is -0.245. The van der Waals surface area contributed by atoms with Gasteiger partial charge in [-0.25, -0.2) is 8.78 Å². The number of hydrogen-bond donors (Lipinski definition) is 1. The van der Waals surface area contributed by atoms with E-state index in [1.54, 1.807) is 19.2 Å². The van der Waals surface area contributed by atoms with E-state index in [0.717, 1.165) is 23.5 Å². The lowest BCUT2D eigenvalue weighted by Crippen LogP contribution is -2.40. The van der Waals surface area contributed by atoms with Gasteiger partial charge in [-0.15, -0.1) is 0 Å². The first-order valence-corrected chi connectivity index (χ1v) is 8.02. The average molecular weight is 329 g/mol. The lowest BCUT2D eigenvalue weighted by atomic mass is 10.1. The number of aliphatic imine (C=N–C) groups is 1. The summed E-state index contributed by atoms with van der Waals surface area (Å²) < 4.78 is 27.2. The van der Waals surface area contributed by atoms with Crippen molar-refractivity contribution in [2.45, 2.75) is 24.9 Å². The summed E-state index contributed by atoms with van der Waals surface area (Å²) in [6.45, 7) is 0.550. The lowest BCUT2D eigenvalue weighted by Gasteiger charge is -2.22. The van der Waals surface area contributed by atoms with Gasteiger partial charge in [0.05, 0.1) is 0 Å². The molecule has 2 aromatic rings. The molecule has 2 atom stereocenters. The zero-order chi connectivity index (χ0) is 17.1. The van der Waals surface area contributed by atoms with Gasteiger partial charge in [0, 0.05) is 32.6 Å². The maximum atomic E-state index is 13.9. The molecule has 1 N–H and O–H groups in total. The van der Waals surface area contributed by atoms with E-state index in [1.165, 1.54) is 18.2 Å². The van der Waals surface area contributed by atoms with Crippen LogP contribution in [-0.4, -0.2) is 31.0 Å². The summed E-state index contributed by atoms with van der Waals surface area (Å²) in [4.78, 5) is 6.22. The van der Waals surface area contributed by atoms with E-state index in [-0.39, 0.29) is 23.6 Å². The Bertz CT molecular complexity index is 745. The maximum Gasteiger partial charge on any atom is 0.193 e. The Labute approximate surface area is 141 Å². The summed E-state index contributed by atoms with van der Waals surface area (Å²) in [6.07, 6.45) is 0.883. The third-order valence-electron chi connectivity index (χ3n) is 4.29. The Hall–Kier alpha value is -2.43. The highest BCUT2D eigenvalue weighted by Crippen LogP contribution is 2.41. The van der Waals surface area contributed by atoms with Crippen LogP contribution in [0.3, 0.4) is 0 Å². The molecular formula is C19H21F2N3. The lowest BCUT2D eigenvalue weighted by molar-refractivity contribution is 0.473. The molecule has 3 rings (SSSR count). The third-order valence-corrected chi connectivity index (χ3v) is 4.29. The van der Waals surface area contributed by atoms with Crippen LogP contribution in [0.4, 0.5) is 8.78 Å². The van der Waals surface area contributed by atoms with Crippen molar-refractivity contribution in [2.75, 3.05) is 14.1 Å². The highest BCUT2D eigenvalue weighted by atomic mass is 19.1. The van der Waals surface area contributed by atoms with Gasteiger partial charge in [-0.2, -0.15) is 0 Å². The van der Waals surface area contributed by atoms with Crippen LogP contribution >= 0.6 is 0 Å². The standard InChI is InChI=1S/C19H21F2N3/c1-22-19(24(2)12-13-6-5-7-14(20)10-13)23-18-11-16(18)15-8-3-4-9-17(15)21/h3-10,16,18H,11-12H2,1-2H3,(H,22,23). The summed E-state index contributed by atoms with van der Waals surface area (Å²) in [5, 5.41) is 3.37. The van der Waals surface area contributed by atoms with Gasteiger partial charge in [0.15, 0.2) is 5.96 Å². The quantitative estimate of drug-likeness (QED) is 0.686. The molecule has 0 spiro atoms. The molecule has 3 nitrogen and oxygen atoms in total. The van der Waals surface area contributed by atoms with E-state index in [2.05, 4.69) is 10.3 Å². The number of guanidine groups is 1. The van der Waals surface area contributed by atoms with Crippen LogP contribution in [0.5, 0.6) is 0 Å². The van der Waals surface area contributed by atoms with E-state index in [1.807, 2.05) is 30.1 Å². The molecule has 1 aliphatic carbocycles. The first-order valence-electron chi connectivity index (χ1n) is 8.02. The summed E-state index contributed by atoms with van der Waals surface area (Å²) in [7, 11) is 3.62. The Morgan fingerprint density at radius 1 is 1.21 bits per heavy atom. The van der Waals surface area contributed by atoms with Gasteiger partial charge in [-0.05, 0) is 35.7 Å². The molecule has 5 heteroatoms. The minimum absolute atomic E-state index is 0.157. The van der Waals surface area contributed by atoms with Crippen molar-refractivity contribution in [1.82, 2.24) is 10.2 Å². The fraction of sp³-hybridized carbons (Fsp3) is 0.316. The van der Waals surface area contributed by atoms with Gasteiger partial charge in [0.2, 0.25) is 0 Å². The largest absolute Gasteiger partial charge is 0.353 e. The van der Waals surface area contributed by atoms with Gasteiger partial charge >= 0.3 is 0 Å². The van der Waals surface area contributed by atoms with Gasteiger partial charge in [-0.1, -0.05) is 30.3 Å². The van der Waals surface area contributed by atoms with E-state index in [9.17, 15) is 8.78 Å². The van der Waals surface area contributed by atoms with Gasteiger partial charge in [-0.3, -0.25) is 4.99 Å². The normalized spacial score (nSPS) is 19.9. The van der Waals surface area contributed by atoms with Crippen molar-refractivity contribution in [2.24, 2.45) is 4.99 Å². The molecule has 0 radical (unpaired) electrons. The summed E-state index contributed by atoms with van der Waals surface area (Å²) in [6, 6.07) is 13.6. The molecule has 0 amide bonds. The van der Waals surface area contributed by atoms with Gasteiger partial charge in [0.1, 0.15) is 11.6 Å². The third kappa shape index (κ3) is 3.72. The second-order valence-electron chi connectivity index (χ2n) is 6.15. The average Bonchev–Trinajstić information content (AvgIpc) is 3.32. The highest BCUT2D eigenvalue weighted by Gasteiger charge is 2.40. The fourth-order valence-corrected chi connectivity index (χ4v) is 2.97. The molecule has 126 valence electrons. The first kappa shape index (κ1) is 16.4. The number of hydrogen-bond acceptors (Lipinski definition) is 1. The molecule has 0 heterocycles. The van der Waals surface area contributed by atoms with Gasteiger partial charge in [0.25, 0.3) is 0 Å². The molecule has 2 aromatic carbocycles. The number of nitrogens with zero attached hydrogens (tertiary/aromatic N) is 2. The molecule has 2 unspecified atom stereocenters. The van der Waals surface area contributed by atoms with Crippen molar-refractivity contribution >= 4 is 5.96 Å². The molecule has 0 saturated heterocycles. The molecule has 24 heavy (non-hydrogen) atoms. The van der Waals surface area contributed by atoms with E-state index in [4.69, 9.17) is 0 Å². The molecular weight excluding hydrogens is 308 g/mol. The van der Waals surface area contributed by atoms with Crippen molar-refractivity contribution in [3.8, 4) is 0 Å². The molecule has 0 aromatic heterocycles. The molecule has 1 saturated carbocycles. The van der Waals surface area contributed by atoms with Crippen LogP contribution in [0.15, 0.2) is 53.5 Å². The van der Waals surface area contributed by atoms with Crippen LogP contribution < -0.4 is 5.32 Å². The van der Waals surface area contributed by atoms with Crippen LogP contribution in [0.1, 0.15) is 23.5 Å². The van der Waals surface area contributed by atoms with Crippen molar-refractivity contribution < 1.29 is 8.78 Å². The number of rotatable bonds is 4. The van der Waals surface area contributed by atoms with Gasteiger partial charge < -0.3 is 10.2 Å². The summed E-state index contributed by atoms with van der Waals surface area (Å²) in [5.74, 6) is 0.495. The van der Waals surface area contributed by atoms with Crippen molar-refractivity contribution in [3.05, 3.63) is 71.3 Å². The monoisotopic (exact) mass is 329 g/mol. The predicted molar refractivity (Wildman–Crippen MR) is 91.9 cm³/mol. The summed E-state index contributed by atoms with van der Waals surface area (Å²) in [5.41, 5.74) is 1.63. The second kappa shape index (κ2) is 6.99. The van der Waals surface area contributed by atoms with E-state index in [0.29, 0.717) is 6.54 Å². The summed E-state index contributed by atoms with van der Waals surface area (Å²) >= 11 is 0. The Kier molecular flexibility index (Phi) is 4.79. The van der Waals surface area contributed by atoms with Crippen LogP contribution in [0.25, 0.3) is 0 Å². The first-order chi connectivity index (χ1) is 11.6. The predicted octanol–water partition coefficient (Wildman–Crippen LogP) is 3.53.